The number of hydrogen-bond donors (Lipinski definition) is 2. The van der Waals surface area contributed by atoms with Crippen LogP contribution in [-0.2, 0) is 6.42 Å². The van der Waals surface area contributed by atoms with Crippen LogP contribution in [0.3, 0.4) is 0 Å². The number of aromatic nitrogens is 3. The summed E-state index contributed by atoms with van der Waals surface area (Å²) in [4.78, 5) is 4.06. The summed E-state index contributed by atoms with van der Waals surface area (Å²) in [6.45, 7) is 2.96. The van der Waals surface area contributed by atoms with Crippen LogP contribution in [0.4, 0.5) is 4.39 Å². The second kappa shape index (κ2) is 6.26. The molecule has 0 saturated heterocycles. The van der Waals surface area contributed by atoms with Crippen molar-refractivity contribution in [1.29, 1.82) is 0 Å². The molecule has 1 aromatic carbocycles. The second-order valence-corrected chi connectivity index (χ2v) is 4.26. The third-order valence-electron chi connectivity index (χ3n) is 2.88. The molecular formula is C13H17FN4. The van der Waals surface area contributed by atoms with Crippen LogP contribution in [0.5, 0.6) is 0 Å². The lowest BCUT2D eigenvalue weighted by atomic mass is 10.1. The Bertz CT molecular complexity index is 452. The fourth-order valence-corrected chi connectivity index (χ4v) is 1.79. The topological polar surface area (TPSA) is 53.6 Å². The fraction of sp³-hybridized carbons (Fsp3) is 0.385. The molecule has 0 bridgehead atoms. The summed E-state index contributed by atoms with van der Waals surface area (Å²) in [6, 6.07) is 6.82. The maximum absolute atomic E-state index is 12.8. The molecule has 1 atom stereocenters. The van der Waals surface area contributed by atoms with Crippen LogP contribution < -0.4 is 5.32 Å². The van der Waals surface area contributed by atoms with Crippen molar-refractivity contribution >= 4 is 0 Å². The van der Waals surface area contributed by atoms with E-state index in [1.807, 2.05) is 12.1 Å². The summed E-state index contributed by atoms with van der Waals surface area (Å²) in [5.41, 5.74) is 1.09. The fourth-order valence-electron chi connectivity index (χ4n) is 1.79. The highest BCUT2D eigenvalue weighted by Crippen LogP contribution is 2.12. The normalized spacial score (nSPS) is 12.6. The molecule has 1 aromatic heterocycles. The van der Waals surface area contributed by atoms with Gasteiger partial charge >= 0.3 is 0 Å². The summed E-state index contributed by atoms with van der Waals surface area (Å²) < 4.78 is 12.8. The molecule has 0 saturated carbocycles. The zero-order chi connectivity index (χ0) is 12.8. The molecule has 0 aliphatic rings. The minimum absolute atomic E-state index is 0.198. The van der Waals surface area contributed by atoms with Crippen molar-refractivity contribution in [3.63, 3.8) is 0 Å². The number of halogens is 1. The summed E-state index contributed by atoms with van der Waals surface area (Å²) in [7, 11) is 0. The summed E-state index contributed by atoms with van der Waals surface area (Å²) in [6.07, 6.45) is 3.38. The monoisotopic (exact) mass is 248 g/mol. The highest BCUT2D eigenvalue weighted by atomic mass is 19.1. The summed E-state index contributed by atoms with van der Waals surface area (Å²) in [5.74, 6) is 0.711. The summed E-state index contributed by atoms with van der Waals surface area (Å²) in [5, 5.41) is 10.0. The molecule has 2 N–H and O–H groups in total. The first kappa shape index (κ1) is 12.7. The lowest BCUT2D eigenvalue weighted by molar-refractivity contribution is 0.552. The van der Waals surface area contributed by atoms with Crippen molar-refractivity contribution in [3.05, 3.63) is 47.8 Å². The third-order valence-corrected chi connectivity index (χ3v) is 2.88. The van der Waals surface area contributed by atoms with Gasteiger partial charge in [0.2, 0.25) is 0 Å². The predicted molar refractivity (Wildman–Crippen MR) is 67.5 cm³/mol. The molecule has 5 heteroatoms. The zero-order valence-electron chi connectivity index (χ0n) is 10.4. The van der Waals surface area contributed by atoms with Crippen molar-refractivity contribution in [2.24, 2.45) is 0 Å². The van der Waals surface area contributed by atoms with Crippen molar-refractivity contribution in [2.45, 2.75) is 25.8 Å². The molecule has 0 aliphatic carbocycles. The molecule has 4 nitrogen and oxygen atoms in total. The number of rotatable bonds is 6. The van der Waals surface area contributed by atoms with Crippen LogP contribution in [0.25, 0.3) is 0 Å². The lowest BCUT2D eigenvalue weighted by Gasteiger charge is -2.13. The van der Waals surface area contributed by atoms with Gasteiger partial charge in [-0.15, -0.1) is 0 Å². The van der Waals surface area contributed by atoms with Gasteiger partial charge in [-0.3, -0.25) is 5.10 Å². The molecule has 2 aromatic rings. The first-order chi connectivity index (χ1) is 8.75. The number of nitrogens with one attached hydrogen (secondary N) is 2. The molecular weight excluding hydrogens is 231 g/mol. The first-order valence-corrected chi connectivity index (χ1v) is 6.09. The maximum Gasteiger partial charge on any atom is 0.137 e. The SMILES string of the molecule is CC(NCCCc1ncn[nH]1)c1ccc(F)cc1. The smallest absolute Gasteiger partial charge is 0.137 e. The van der Waals surface area contributed by atoms with E-state index in [2.05, 4.69) is 27.4 Å². The Balaban J connectivity index is 1.71. The van der Waals surface area contributed by atoms with E-state index in [0.29, 0.717) is 0 Å². The Hall–Kier alpha value is -1.75. The number of benzene rings is 1. The van der Waals surface area contributed by atoms with Crippen LogP contribution in [0.15, 0.2) is 30.6 Å². The molecule has 0 aliphatic heterocycles. The van der Waals surface area contributed by atoms with Crippen LogP contribution in [0.1, 0.15) is 30.8 Å². The van der Waals surface area contributed by atoms with Crippen molar-refractivity contribution in [2.75, 3.05) is 6.54 Å². The van der Waals surface area contributed by atoms with E-state index < -0.39 is 0 Å². The standard InChI is InChI=1S/C13H17FN4/c1-10(11-4-6-12(14)7-5-11)15-8-2-3-13-16-9-17-18-13/h4-7,9-10,15H,2-3,8H2,1H3,(H,16,17,18). The molecule has 2 rings (SSSR count). The molecule has 1 heterocycles. The predicted octanol–water partition coefficient (Wildman–Crippen LogP) is 2.23. The second-order valence-electron chi connectivity index (χ2n) is 4.26. The molecule has 1 unspecified atom stereocenters. The van der Waals surface area contributed by atoms with Gasteiger partial charge in [-0.05, 0) is 37.6 Å². The molecule has 0 radical (unpaired) electrons. The third kappa shape index (κ3) is 3.63. The lowest BCUT2D eigenvalue weighted by Crippen LogP contribution is -2.20. The zero-order valence-corrected chi connectivity index (χ0v) is 10.4. The van der Waals surface area contributed by atoms with Gasteiger partial charge in [0.1, 0.15) is 18.0 Å². The van der Waals surface area contributed by atoms with Crippen molar-refractivity contribution in [3.8, 4) is 0 Å². The Kier molecular flexibility index (Phi) is 4.41. The minimum atomic E-state index is -0.198. The Morgan fingerprint density at radius 2 is 2.11 bits per heavy atom. The molecule has 0 amide bonds. The van der Waals surface area contributed by atoms with Gasteiger partial charge in [-0.2, -0.15) is 5.10 Å². The van der Waals surface area contributed by atoms with Crippen LogP contribution in [0, 0.1) is 5.82 Å². The Labute approximate surface area is 106 Å². The number of aryl methyl sites for hydroxylation is 1. The number of H-pyrrole nitrogens is 1. The summed E-state index contributed by atoms with van der Waals surface area (Å²) >= 11 is 0. The minimum Gasteiger partial charge on any atom is -0.310 e. The number of nitrogens with zero attached hydrogens (tertiary/aromatic N) is 2. The van der Waals surface area contributed by atoms with Gasteiger partial charge < -0.3 is 5.32 Å². The van der Waals surface area contributed by atoms with Crippen molar-refractivity contribution < 1.29 is 4.39 Å². The van der Waals surface area contributed by atoms with E-state index in [4.69, 9.17) is 0 Å². The van der Waals surface area contributed by atoms with Crippen LogP contribution in [0.2, 0.25) is 0 Å². The van der Waals surface area contributed by atoms with Gasteiger partial charge in [0, 0.05) is 12.5 Å². The Morgan fingerprint density at radius 3 is 2.78 bits per heavy atom. The number of aromatic amines is 1. The van der Waals surface area contributed by atoms with E-state index in [9.17, 15) is 4.39 Å². The Morgan fingerprint density at radius 1 is 1.33 bits per heavy atom. The molecule has 0 fully saturated rings. The highest BCUT2D eigenvalue weighted by molar-refractivity contribution is 5.19. The van der Waals surface area contributed by atoms with Crippen LogP contribution in [-0.4, -0.2) is 21.7 Å². The van der Waals surface area contributed by atoms with Crippen molar-refractivity contribution in [1.82, 2.24) is 20.5 Å². The van der Waals surface area contributed by atoms with E-state index in [1.54, 1.807) is 0 Å². The van der Waals surface area contributed by atoms with Gasteiger partial charge in [0.05, 0.1) is 0 Å². The van der Waals surface area contributed by atoms with E-state index >= 15 is 0 Å². The molecule has 18 heavy (non-hydrogen) atoms. The quantitative estimate of drug-likeness (QED) is 0.771. The van der Waals surface area contributed by atoms with E-state index in [1.165, 1.54) is 18.5 Å². The maximum atomic E-state index is 12.8. The molecule has 0 spiro atoms. The van der Waals surface area contributed by atoms with Gasteiger partial charge in [0.25, 0.3) is 0 Å². The van der Waals surface area contributed by atoms with Crippen LogP contribution >= 0.6 is 0 Å². The van der Waals surface area contributed by atoms with E-state index in [-0.39, 0.29) is 11.9 Å². The number of hydrogen-bond acceptors (Lipinski definition) is 3. The molecule has 96 valence electrons. The average Bonchev–Trinajstić information content (AvgIpc) is 2.88. The van der Waals surface area contributed by atoms with Gasteiger partial charge in [-0.1, -0.05) is 12.1 Å². The van der Waals surface area contributed by atoms with Gasteiger partial charge in [-0.25, -0.2) is 9.37 Å². The van der Waals surface area contributed by atoms with Gasteiger partial charge in [0.15, 0.2) is 0 Å². The first-order valence-electron chi connectivity index (χ1n) is 6.09. The van der Waals surface area contributed by atoms with E-state index in [0.717, 1.165) is 30.8 Å². The highest BCUT2D eigenvalue weighted by Gasteiger charge is 2.04. The largest absolute Gasteiger partial charge is 0.310 e. The average molecular weight is 248 g/mol.